The van der Waals surface area contributed by atoms with Crippen molar-refractivity contribution in [3.63, 3.8) is 0 Å². The van der Waals surface area contributed by atoms with Gasteiger partial charge in [-0.2, -0.15) is 0 Å². The number of hydrogen-bond donors (Lipinski definition) is 2. The molecule has 2 heterocycles. The van der Waals surface area contributed by atoms with Crippen molar-refractivity contribution in [1.29, 1.82) is 0 Å². The van der Waals surface area contributed by atoms with Crippen LogP contribution < -0.4 is 10.6 Å². The van der Waals surface area contributed by atoms with Gasteiger partial charge in [0.1, 0.15) is 0 Å². The van der Waals surface area contributed by atoms with Gasteiger partial charge >= 0.3 is 0 Å². The molecule has 0 fully saturated rings. The zero-order valence-electron chi connectivity index (χ0n) is 17.2. The minimum atomic E-state index is -0.309. The van der Waals surface area contributed by atoms with Gasteiger partial charge in [0, 0.05) is 16.4 Å². The van der Waals surface area contributed by atoms with E-state index in [0.717, 1.165) is 33.8 Å². The summed E-state index contributed by atoms with van der Waals surface area (Å²) in [5, 5.41) is 6.99. The van der Waals surface area contributed by atoms with E-state index < -0.39 is 0 Å². The largest absolute Gasteiger partial charge is 0.329 e. The SMILES string of the molecule is CC1=C(C(=O)Nc2ccc(Cl)cc2)C(c2cccc(C)c2)n2c(nc3ccccc32)N1. The van der Waals surface area contributed by atoms with Gasteiger partial charge in [0.05, 0.1) is 22.6 Å². The van der Waals surface area contributed by atoms with E-state index >= 15 is 0 Å². The molecule has 154 valence electrons. The average Bonchev–Trinajstić information content (AvgIpc) is 3.12. The fraction of sp³-hybridized carbons (Fsp3) is 0.120. The van der Waals surface area contributed by atoms with Crippen molar-refractivity contribution in [1.82, 2.24) is 9.55 Å². The van der Waals surface area contributed by atoms with E-state index in [1.54, 1.807) is 24.3 Å². The first-order valence-electron chi connectivity index (χ1n) is 10.1. The summed E-state index contributed by atoms with van der Waals surface area (Å²) in [5.74, 6) is 0.565. The number of hydrogen-bond acceptors (Lipinski definition) is 3. The zero-order chi connectivity index (χ0) is 21.5. The van der Waals surface area contributed by atoms with Gasteiger partial charge in [-0.15, -0.1) is 0 Å². The highest BCUT2D eigenvalue weighted by atomic mass is 35.5. The molecule has 0 saturated heterocycles. The van der Waals surface area contributed by atoms with Gasteiger partial charge < -0.3 is 10.6 Å². The molecule has 0 saturated carbocycles. The Morgan fingerprint density at radius 2 is 1.81 bits per heavy atom. The molecule has 1 unspecified atom stereocenters. The van der Waals surface area contributed by atoms with Gasteiger partial charge in [-0.25, -0.2) is 4.98 Å². The van der Waals surface area contributed by atoms with Crippen molar-refractivity contribution in [3.05, 3.63) is 100 Å². The summed E-state index contributed by atoms with van der Waals surface area (Å²) in [5.41, 5.74) is 6.15. The summed E-state index contributed by atoms with van der Waals surface area (Å²) in [6.07, 6.45) is 0. The van der Waals surface area contributed by atoms with Crippen molar-refractivity contribution in [3.8, 4) is 0 Å². The number of rotatable bonds is 3. The van der Waals surface area contributed by atoms with Crippen LogP contribution in [0.3, 0.4) is 0 Å². The molecule has 31 heavy (non-hydrogen) atoms. The predicted octanol–water partition coefficient (Wildman–Crippen LogP) is 5.93. The zero-order valence-corrected chi connectivity index (χ0v) is 17.9. The number of carbonyl (C=O) groups excluding carboxylic acids is 1. The molecular formula is C25H21ClN4O. The molecule has 1 aliphatic heterocycles. The van der Waals surface area contributed by atoms with E-state index in [1.165, 1.54) is 0 Å². The van der Waals surface area contributed by atoms with Crippen LogP contribution in [-0.2, 0) is 4.79 Å². The molecule has 0 spiro atoms. The maximum atomic E-state index is 13.5. The van der Waals surface area contributed by atoms with E-state index in [2.05, 4.69) is 40.3 Å². The van der Waals surface area contributed by atoms with E-state index in [1.807, 2.05) is 37.3 Å². The number of nitrogens with zero attached hydrogens (tertiary/aromatic N) is 2. The van der Waals surface area contributed by atoms with Crippen molar-refractivity contribution in [2.75, 3.05) is 10.6 Å². The normalized spacial score (nSPS) is 15.5. The summed E-state index contributed by atoms with van der Waals surface area (Å²) in [6.45, 7) is 3.98. The minimum absolute atomic E-state index is 0.165. The molecule has 4 aromatic rings. The highest BCUT2D eigenvalue weighted by molar-refractivity contribution is 6.30. The molecule has 1 aliphatic rings. The van der Waals surface area contributed by atoms with Gasteiger partial charge in [0.25, 0.3) is 5.91 Å². The monoisotopic (exact) mass is 428 g/mol. The van der Waals surface area contributed by atoms with Gasteiger partial charge in [-0.3, -0.25) is 9.36 Å². The smallest absolute Gasteiger partial charge is 0.255 e. The van der Waals surface area contributed by atoms with Crippen LogP contribution in [0.15, 0.2) is 84.1 Å². The standard InChI is InChI=1S/C25H21ClN4O/c1-15-6-5-7-17(14-15)23-22(24(31)28-19-12-10-18(26)11-13-19)16(2)27-25-29-20-8-3-4-9-21(20)30(23)25/h3-14,23H,1-2H3,(H,27,29)(H,28,31). The number of halogens is 1. The topological polar surface area (TPSA) is 59.0 Å². The van der Waals surface area contributed by atoms with Crippen molar-refractivity contribution >= 4 is 40.2 Å². The molecule has 5 rings (SSSR count). The van der Waals surface area contributed by atoms with Crippen LogP contribution in [0.2, 0.25) is 5.02 Å². The van der Waals surface area contributed by atoms with E-state index in [0.29, 0.717) is 16.3 Å². The van der Waals surface area contributed by atoms with Crippen LogP contribution in [0.1, 0.15) is 24.1 Å². The van der Waals surface area contributed by atoms with E-state index in [9.17, 15) is 4.79 Å². The van der Waals surface area contributed by atoms with Crippen molar-refractivity contribution < 1.29 is 4.79 Å². The Labute approximate surface area is 185 Å². The van der Waals surface area contributed by atoms with Gasteiger partial charge in [-0.05, 0) is 55.8 Å². The lowest BCUT2D eigenvalue weighted by molar-refractivity contribution is -0.113. The molecular weight excluding hydrogens is 408 g/mol. The Balaban J connectivity index is 1.66. The van der Waals surface area contributed by atoms with Crippen LogP contribution in [0.5, 0.6) is 0 Å². The molecule has 6 heteroatoms. The second-order valence-electron chi connectivity index (χ2n) is 7.74. The van der Waals surface area contributed by atoms with E-state index in [-0.39, 0.29) is 11.9 Å². The Morgan fingerprint density at radius 3 is 2.58 bits per heavy atom. The predicted molar refractivity (Wildman–Crippen MR) is 125 cm³/mol. The van der Waals surface area contributed by atoms with Gasteiger partial charge in [0.2, 0.25) is 5.95 Å². The van der Waals surface area contributed by atoms with Crippen LogP contribution in [0.25, 0.3) is 11.0 Å². The number of aromatic nitrogens is 2. The van der Waals surface area contributed by atoms with Gasteiger partial charge in [0.15, 0.2) is 0 Å². The molecule has 3 aromatic carbocycles. The molecule has 1 atom stereocenters. The van der Waals surface area contributed by atoms with Crippen molar-refractivity contribution in [2.24, 2.45) is 0 Å². The number of anilines is 2. The highest BCUT2D eigenvalue weighted by Crippen LogP contribution is 2.39. The number of benzene rings is 3. The van der Waals surface area contributed by atoms with Crippen molar-refractivity contribution in [2.45, 2.75) is 19.9 Å². The first-order chi connectivity index (χ1) is 15.0. The van der Waals surface area contributed by atoms with Gasteiger partial charge in [-0.1, -0.05) is 53.6 Å². The Morgan fingerprint density at radius 1 is 1.03 bits per heavy atom. The summed E-state index contributed by atoms with van der Waals surface area (Å²) in [6, 6.07) is 23.0. The summed E-state index contributed by atoms with van der Waals surface area (Å²) in [7, 11) is 0. The van der Waals surface area contributed by atoms with Crippen LogP contribution in [0, 0.1) is 6.92 Å². The average molecular weight is 429 g/mol. The van der Waals surface area contributed by atoms with Crippen LogP contribution in [-0.4, -0.2) is 15.5 Å². The highest BCUT2D eigenvalue weighted by Gasteiger charge is 2.34. The maximum absolute atomic E-state index is 13.5. The lowest BCUT2D eigenvalue weighted by atomic mass is 9.93. The number of amides is 1. The molecule has 5 nitrogen and oxygen atoms in total. The first-order valence-corrected chi connectivity index (χ1v) is 10.5. The Bertz CT molecular complexity index is 1340. The van der Waals surface area contributed by atoms with Crippen LogP contribution in [0.4, 0.5) is 11.6 Å². The fourth-order valence-electron chi connectivity index (χ4n) is 4.15. The lowest BCUT2D eigenvalue weighted by Crippen LogP contribution is -2.31. The fourth-order valence-corrected chi connectivity index (χ4v) is 4.27. The third-order valence-corrected chi connectivity index (χ3v) is 5.79. The summed E-state index contributed by atoms with van der Waals surface area (Å²) < 4.78 is 2.11. The number of fused-ring (bicyclic) bond motifs is 3. The number of carbonyl (C=O) groups is 1. The molecule has 0 radical (unpaired) electrons. The first kappa shape index (κ1) is 19.4. The number of aryl methyl sites for hydroxylation is 1. The molecule has 0 aliphatic carbocycles. The Hall–Kier alpha value is -3.57. The minimum Gasteiger partial charge on any atom is -0.329 e. The molecule has 1 aromatic heterocycles. The maximum Gasteiger partial charge on any atom is 0.255 e. The third-order valence-electron chi connectivity index (χ3n) is 5.54. The lowest BCUT2D eigenvalue weighted by Gasteiger charge is -2.31. The second kappa shape index (κ2) is 7.60. The number of allylic oxidation sites excluding steroid dienone is 1. The third kappa shape index (κ3) is 3.47. The number of imidazole rings is 1. The summed E-state index contributed by atoms with van der Waals surface area (Å²) >= 11 is 5.99. The molecule has 1 amide bonds. The molecule has 2 N–H and O–H groups in total. The Kier molecular flexibility index (Phi) is 4.75. The quantitative estimate of drug-likeness (QED) is 0.425. The summed E-state index contributed by atoms with van der Waals surface area (Å²) in [4.78, 5) is 18.3. The second-order valence-corrected chi connectivity index (χ2v) is 8.17. The van der Waals surface area contributed by atoms with Crippen LogP contribution >= 0.6 is 11.6 Å². The molecule has 0 bridgehead atoms. The number of para-hydroxylation sites is 2. The number of nitrogens with one attached hydrogen (secondary N) is 2. The van der Waals surface area contributed by atoms with E-state index in [4.69, 9.17) is 16.6 Å².